The maximum atomic E-state index is 13.8. The molecule has 0 bridgehead atoms. The number of carbonyl (C=O) groups excluding carboxylic acids is 2. The fraction of sp³-hybridized carbons (Fsp3) is 0.190. The van der Waals surface area contributed by atoms with Crippen molar-refractivity contribution < 1.29 is 33.7 Å². The molecule has 2 rings (SSSR count). The normalized spacial score (nSPS) is 12.9. The number of carboxylic acid groups (broad SMARTS) is 1. The van der Waals surface area contributed by atoms with E-state index in [-0.39, 0.29) is 11.3 Å². The average Bonchev–Trinajstić information content (AvgIpc) is 2.67. The van der Waals surface area contributed by atoms with Gasteiger partial charge in [0.2, 0.25) is 0 Å². The topological polar surface area (TPSA) is 113 Å². The Morgan fingerprint density at radius 1 is 1.14 bits per heavy atom. The molecule has 0 spiro atoms. The summed E-state index contributed by atoms with van der Waals surface area (Å²) in [5.74, 6) is -3.36. The van der Waals surface area contributed by atoms with Crippen molar-refractivity contribution >= 4 is 23.5 Å². The van der Waals surface area contributed by atoms with Crippen LogP contribution in [-0.4, -0.2) is 28.1 Å². The lowest BCUT2D eigenvalue weighted by molar-refractivity contribution is -0.131. The Morgan fingerprint density at radius 3 is 2.34 bits per heavy atom. The van der Waals surface area contributed by atoms with E-state index in [2.05, 4.69) is 5.32 Å². The van der Waals surface area contributed by atoms with E-state index >= 15 is 0 Å². The van der Waals surface area contributed by atoms with Crippen molar-refractivity contribution in [3.8, 4) is 5.75 Å². The first-order chi connectivity index (χ1) is 13.7. The summed E-state index contributed by atoms with van der Waals surface area (Å²) in [4.78, 5) is 34.4. The Kier molecular flexibility index (Phi) is 7.08. The minimum atomic E-state index is -1.18. The quantitative estimate of drug-likeness (QED) is 0.471. The molecule has 0 aliphatic rings. The van der Waals surface area contributed by atoms with Crippen LogP contribution < -0.4 is 5.32 Å². The average molecular weight is 401 g/mol. The Morgan fingerprint density at radius 2 is 1.79 bits per heavy atom. The van der Waals surface area contributed by atoms with Crippen molar-refractivity contribution in [1.29, 1.82) is 0 Å². The fourth-order valence-corrected chi connectivity index (χ4v) is 2.56. The van der Waals surface area contributed by atoms with Crippen LogP contribution in [0.2, 0.25) is 0 Å². The largest absolute Gasteiger partial charge is 0.505 e. The molecule has 8 heteroatoms. The molecule has 0 aromatic heterocycles. The number of rotatable bonds is 7. The maximum absolute atomic E-state index is 13.8. The number of phenols is 1. The molecule has 3 N–H and O–H groups in total. The van der Waals surface area contributed by atoms with Crippen LogP contribution in [0.15, 0.2) is 54.6 Å². The van der Waals surface area contributed by atoms with Crippen LogP contribution in [0.1, 0.15) is 35.9 Å². The predicted octanol–water partition coefficient (Wildman–Crippen LogP) is 4.30. The van der Waals surface area contributed by atoms with E-state index in [1.807, 2.05) is 0 Å². The molecular formula is C21H20FNO6. The number of carbonyl (C=O) groups is 3. The summed E-state index contributed by atoms with van der Waals surface area (Å²) < 4.78 is 19.2. The van der Waals surface area contributed by atoms with Crippen LogP contribution in [0.25, 0.3) is 0 Å². The number of phenolic OH excluding ortho intramolecular Hbond substituents is 1. The summed E-state index contributed by atoms with van der Waals surface area (Å²) >= 11 is 0. The van der Waals surface area contributed by atoms with E-state index in [1.165, 1.54) is 31.2 Å². The summed E-state index contributed by atoms with van der Waals surface area (Å²) in [6.07, 6.45) is 0.343. The van der Waals surface area contributed by atoms with Gasteiger partial charge in [-0.1, -0.05) is 19.1 Å². The first-order valence-electron chi connectivity index (χ1n) is 8.65. The van der Waals surface area contributed by atoms with Gasteiger partial charge in [-0.3, -0.25) is 10.1 Å². The Labute approximate surface area is 166 Å². The van der Waals surface area contributed by atoms with Crippen LogP contribution in [0.4, 0.5) is 14.9 Å². The maximum Gasteiger partial charge on any atom is 0.412 e. The van der Waals surface area contributed by atoms with Crippen LogP contribution >= 0.6 is 0 Å². The summed E-state index contributed by atoms with van der Waals surface area (Å²) in [5, 5.41) is 20.7. The minimum Gasteiger partial charge on any atom is -0.505 e. The number of anilines is 1. The molecule has 2 aromatic rings. The van der Waals surface area contributed by atoms with Crippen LogP contribution in [-0.2, 0) is 9.53 Å². The highest BCUT2D eigenvalue weighted by Crippen LogP contribution is 2.30. The van der Waals surface area contributed by atoms with Gasteiger partial charge in [-0.05, 0) is 48.9 Å². The molecule has 0 saturated heterocycles. The molecule has 7 nitrogen and oxygen atoms in total. The number of nitrogens with one attached hydrogen (secondary N) is 1. The SMILES string of the molecule is CC(=O)c1ccc(NC(=O)O[C@H](c2ccc(O)c(F)c2)[C@@H](C)/C=C/C(=O)O)cc1. The molecule has 0 fully saturated rings. The lowest BCUT2D eigenvalue weighted by Gasteiger charge is -2.23. The Balaban J connectivity index is 2.21. The number of halogens is 1. The Hall–Kier alpha value is -3.68. The standard InChI is InChI=1S/C21H20FNO6/c1-12(3-10-19(26)27)20(15-6-9-18(25)17(22)11-15)29-21(28)23-16-7-4-14(5-8-16)13(2)24/h3-12,20,25H,1-2H3,(H,23,28)(H,26,27)/b10-3+/t12-,20-/m0/s1. The zero-order valence-electron chi connectivity index (χ0n) is 15.8. The van der Waals surface area contributed by atoms with Gasteiger partial charge in [0.05, 0.1) is 0 Å². The van der Waals surface area contributed by atoms with E-state index in [4.69, 9.17) is 9.84 Å². The smallest absolute Gasteiger partial charge is 0.412 e. The summed E-state index contributed by atoms with van der Waals surface area (Å²) in [6.45, 7) is 3.02. The molecule has 0 radical (unpaired) electrons. The van der Waals surface area contributed by atoms with Crippen LogP contribution in [0, 0.1) is 11.7 Å². The van der Waals surface area contributed by atoms with Gasteiger partial charge in [0.15, 0.2) is 17.3 Å². The second-order valence-corrected chi connectivity index (χ2v) is 6.35. The molecule has 0 aliphatic heterocycles. The number of ether oxygens (including phenoxy) is 1. The fourth-order valence-electron chi connectivity index (χ4n) is 2.56. The third-order valence-corrected chi connectivity index (χ3v) is 4.09. The number of hydrogen-bond acceptors (Lipinski definition) is 5. The molecule has 29 heavy (non-hydrogen) atoms. The summed E-state index contributed by atoms with van der Waals surface area (Å²) in [5.41, 5.74) is 1.10. The van der Waals surface area contributed by atoms with E-state index in [0.29, 0.717) is 11.3 Å². The second-order valence-electron chi connectivity index (χ2n) is 6.35. The number of amides is 1. The minimum absolute atomic E-state index is 0.118. The molecule has 0 heterocycles. The molecule has 2 atom stereocenters. The third-order valence-electron chi connectivity index (χ3n) is 4.09. The molecule has 152 valence electrons. The molecule has 0 saturated carbocycles. The number of Topliss-reactive ketones (excluding diaryl/α,β-unsaturated/α-hetero) is 1. The number of hydrogen-bond donors (Lipinski definition) is 3. The molecule has 0 aliphatic carbocycles. The lowest BCUT2D eigenvalue weighted by Crippen LogP contribution is -2.21. The zero-order chi connectivity index (χ0) is 21.6. The van der Waals surface area contributed by atoms with Crippen molar-refractivity contribution in [3.63, 3.8) is 0 Å². The highest BCUT2D eigenvalue weighted by atomic mass is 19.1. The summed E-state index contributed by atoms with van der Waals surface area (Å²) in [7, 11) is 0. The number of carboxylic acids is 1. The lowest BCUT2D eigenvalue weighted by atomic mass is 9.96. The van der Waals surface area contributed by atoms with Gasteiger partial charge in [-0.25, -0.2) is 14.0 Å². The van der Waals surface area contributed by atoms with Crippen molar-refractivity contribution in [2.45, 2.75) is 20.0 Å². The van der Waals surface area contributed by atoms with Crippen molar-refractivity contribution in [2.75, 3.05) is 5.32 Å². The van der Waals surface area contributed by atoms with Gasteiger partial charge in [0.25, 0.3) is 0 Å². The van der Waals surface area contributed by atoms with E-state index in [1.54, 1.807) is 19.1 Å². The highest BCUT2D eigenvalue weighted by Gasteiger charge is 2.23. The van der Waals surface area contributed by atoms with Crippen molar-refractivity contribution in [2.24, 2.45) is 5.92 Å². The molecule has 1 amide bonds. The van der Waals surface area contributed by atoms with Gasteiger partial charge >= 0.3 is 12.1 Å². The van der Waals surface area contributed by atoms with Gasteiger partial charge in [0.1, 0.15) is 6.10 Å². The van der Waals surface area contributed by atoms with E-state index < -0.39 is 35.7 Å². The van der Waals surface area contributed by atoms with Crippen molar-refractivity contribution in [3.05, 3.63) is 71.6 Å². The summed E-state index contributed by atoms with van der Waals surface area (Å²) in [6, 6.07) is 9.66. The highest BCUT2D eigenvalue weighted by molar-refractivity contribution is 5.95. The molecular weight excluding hydrogens is 381 g/mol. The Bertz CT molecular complexity index is 939. The zero-order valence-corrected chi connectivity index (χ0v) is 15.8. The predicted molar refractivity (Wildman–Crippen MR) is 103 cm³/mol. The second kappa shape index (κ2) is 9.50. The number of ketones is 1. The number of benzene rings is 2. The van der Waals surface area contributed by atoms with Crippen molar-refractivity contribution in [1.82, 2.24) is 0 Å². The van der Waals surface area contributed by atoms with E-state index in [0.717, 1.165) is 18.2 Å². The van der Waals surface area contributed by atoms with Crippen LogP contribution in [0.5, 0.6) is 5.75 Å². The van der Waals surface area contributed by atoms with Crippen LogP contribution in [0.3, 0.4) is 0 Å². The van der Waals surface area contributed by atoms with Gasteiger partial charge in [-0.15, -0.1) is 0 Å². The van der Waals surface area contributed by atoms with Gasteiger partial charge < -0.3 is 14.9 Å². The number of aromatic hydroxyl groups is 1. The van der Waals surface area contributed by atoms with E-state index in [9.17, 15) is 23.9 Å². The third kappa shape index (κ3) is 6.17. The monoisotopic (exact) mass is 401 g/mol. The van der Waals surface area contributed by atoms with Gasteiger partial charge in [-0.2, -0.15) is 0 Å². The first kappa shape index (κ1) is 21.6. The first-order valence-corrected chi connectivity index (χ1v) is 8.65. The number of aliphatic carboxylic acids is 1. The van der Waals surface area contributed by atoms with Gasteiger partial charge in [0, 0.05) is 23.2 Å². The molecule has 0 unspecified atom stereocenters. The molecule has 2 aromatic carbocycles.